The molecule has 5 nitrogen and oxygen atoms in total. The molecule has 0 fully saturated rings. The Morgan fingerprint density at radius 1 is 1.22 bits per heavy atom. The third kappa shape index (κ3) is 8.00. The van der Waals surface area contributed by atoms with Crippen LogP contribution in [0.3, 0.4) is 0 Å². The Hall–Kier alpha value is -1.59. The van der Waals surface area contributed by atoms with Crippen molar-refractivity contribution < 1.29 is 14.3 Å². The van der Waals surface area contributed by atoms with Crippen molar-refractivity contribution in [1.29, 1.82) is 0 Å². The van der Waals surface area contributed by atoms with Gasteiger partial charge in [0.25, 0.3) is 0 Å². The van der Waals surface area contributed by atoms with Gasteiger partial charge >= 0.3 is 0 Å². The molecule has 0 saturated heterocycles. The number of hydrogen-bond donors (Lipinski definition) is 2. The van der Waals surface area contributed by atoms with Crippen LogP contribution in [0.1, 0.15) is 40.5 Å². The molecule has 1 aromatic carbocycles. The lowest BCUT2D eigenvalue weighted by atomic mass is 10.1. The van der Waals surface area contributed by atoms with E-state index < -0.39 is 0 Å². The summed E-state index contributed by atoms with van der Waals surface area (Å²) in [5.74, 6) is 0.209. The Labute approximate surface area is 142 Å². The first-order valence-corrected chi connectivity index (χ1v) is 8.14. The van der Waals surface area contributed by atoms with Crippen molar-refractivity contribution in [1.82, 2.24) is 0 Å². The second kappa shape index (κ2) is 9.53. The quantitative estimate of drug-likeness (QED) is 0.749. The number of carbonyl (C=O) groups excluding carboxylic acids is 2. The van der Waals surface area contributed by atoms with Crippen LogP contribution in [-0.2, 0) is 14.3 Å². The highest BCUT2D eigenvalue weighted by Gasteiger charge is 2.09. The maximum absolute atomic E-state index is 11.9. The van der Waals surface area contributed by atoms with Crippen molar-refractivity contribution >= 4 is 34.8 Å². The molecule has 0 unspecified atom stereocenters. The fourth-order valence-electron chi connectivity index (χ4n) is 2.20. The van der Waals surface area contributed by atoms with Gasteiger partial charge in [0.2, 0.25) is 11.8 Å². The van der Waals surface area contributed by atoms with Crippen LogP contribution in [0.5, 0.6) is 0 Å². The number of ether oxygens (including phenoxy) is 1. The van der Waals surface area contributed by atoms with E-state index in [1.807, 2.05) is 6.92 Å². The standard InChI is InChI=1S/C17H25ClN2O3/c1-11(2)9-12(3)23-8-7-17(22)20-14-5-6-15(18)16(10-14)19-13(4)21/h5-6,10-12H,7-9H2,1-4H3,(H,19,21)(H,20,22)/t12-/m0/s1. The van der Waals surface area contributed by atoms with E-state index in [0.717, 1.165) is 6.42 Å². The number of hydrogen-bond acceptors (Lipinski definition) is 3. The molecule has 0 heterocycles. The van der Waals surface area contributed by atoms with Gasteiger partial charge in [0, 0.05) is 12.6 Å². The average Bonchev–Trinajstić information content (AvgIpc) is 2.41. The largest absolute Gasteiger partial charge is 0.378 e. The normalized spacial score (nSPS) is 12.1. The molecule has 0 bridgehead atoms. The maximum Gasteiger partial charge on any atom is 0.226 e. The highest BCUT2D eigenvalue weighted by molar-refractivity contribution is 6.33. The van der Waals surface area contributed by atoms with Crippen LogP contribution in [0.2, 0.25) is 5.02 Å². The van der Waals surface area contributed by atoms with Crippen molar-refractivity contribution in [2.45, 2.75) is 46.6 Å². The first-order chi connectivity index (χ1) is 10.8. The minimum Gasteiger partial charge on any atom is -0.378 e. The molecule has 0 spiro atoms. The third-order valence-electron chi connectivity index (χ3n) is 3.10. The number of benzene rings is 1. The van der Waals surface area contributed by atoms with E-state index >= 15 is 0 Å². The van der Waals surface area contributed by atoms with Gasteiger partial charge in [-0.1, -0.05) is 25.4 Å². The van der Waals surface area contributed by atoms with Gasteiger partial charge in [-0.2, -0.15) is 0 Å². The summed E-state index contributed by atoms with van der Waals surface area (Å²) >= 11 is 5.99. The topological polar surface area (TPSA) is 67.4 Å². The minimum atomic E-state index is -0.220. The highest BCUT2D eigenvalue weighted by Crippen LogP contribution is 2.25. The lowest BCUT2D eigenvalue weighted by Crippen LogP contribution is -2.18. The van der Waals surface area contributed by atoms with E-state index in [1.165, 1.54) is 6.92 Å². The zero-order chi connectivity index (χ0) is 17.4. The van der Waals surface area contributed by atoms with E-state index in [1.54, 1.807) is 18.2 Å². The van der Waals surface area contributed by atoms with Gasteiger partial charge in [-0.25, -0.2) is 0 Å². The Kier molecular flexibility index (Phi) is 8.06. The van der Waals surface area contributed by atoms with E-state index in [9.17, 15) is 9.59 Å². The second-order valence-electron chi connectivity index (χ2n) is 5.98. The predicted molar refractivity (Wildman–Crippen MR) is 93.9 cm³/mol. The first kappa shape index (κ1) is 19.5. The molecule has 0 saturated carbocycles. The maximum atomic E-state index is 11.9. The third-order valence-corrected chi connectivity index (χ3v) is 3.43. The molecule has 1 atom stereocenters. The molecule has 0 aliphatic carbocycles. The van der Waals surface area contributed by atoms with Crippen LogP contribution < -0.4 is 10.6 Å². The molecule has 0 aromatic heterocycles. The van der Waals surface area contributed by atoms with Gasteiger partial charge < -0.3 is 15.4 Å². The van der Waals surface area contributed by atoms with Gasteiger partial charge in [0.1, 0.15) is 0 Å². The molecule has 2 N–H and O–H groups in total. The summed E-state index contributed by atoms with van der Waals surface area (Å²) in [5, 5.41) is 5.80. The molecule has 2 amide bonds. The summed E-state index contributed by atoms with van der Waals surface area (Å²) in [6.45, 7) is 8.07. The summed E-state index contributed by atoms with van der Waals surface area (Å²) in [4.78, 5) is 23.0. The second-order valence-corrected chi connectivity index (χ2v) is 6.39. The Morgan fingerprint density at radius 3 is 2.52 bits per heavy atom. The smallest absolute Gasteiger partial charge is 0.226 e. The highest BCUT2D eigenvalue weighted by atomic mass is 35.5. The van der Waals surface area contributed by atoms with Gasteiger partial charge in [-0.3, -0.25) is 9.59 Å². The molecule has 128 valence electrons. The number of rotatable bonds is 8. The zero-order valence-corrected chi connectivity index (χ0v) is 14.9. The van der Waals surface area contributed by atoms with Crippen LogP contribution in [0.4, 0.5) is 11.4 Å². The first-order valence-electron chi connectivity index (χ1n) is 7.76. The van der Waals surface area contributed by atoms with E-state index in [0.29, 0.717) is 28.9 Å². The SMILES string of the molecule is CC(=O)Nc1cc(NC(=O)CCO[C@@H](C)CC(C)C)ccc1Cl. The van der Waals surface area contributed by atoms with Crippen molar-refractivity contribution in [2.24, 2.45) is 5.92 Å². The van der Waals surface area contributed by atoms with Gasteiger partial charge in [0.05, 0.1) is 29.8 Å². The van der Waals surface area contributed by atoms with Crippen molar-refractivity contribution in [3.63, 3.8) is 0 Å². The van der Waals surface area contributed by atoms with Crippen LogP contribution in [0.25, 0.3) is 0 Å². The van der Waals surface area contributed by atoms with E-state index in [4.69, 9.17) is 16.3 Å². The molecular formula is C17H25ClN2O3. The number of amides is 2. The van der Waals surface area contributed by atoms with E-state index in [-0.39, 0.29) is 24.3 Å². The summed E-state index contributed by atoms with van der Waals surface area (Å²) in [6.07, 6.45) is 1.39. The number of nitrogens with one attached hydrogen (secondary N) is 2. The van der Waals surface area contributed by atoms with Crippen LogP contribution in [0.15, 0.2) is 18.2 Å². The van der Waals surface area contributed by atoms with Crippen LogP contribution >= 0.6 is 11.6 Å². The molecule has 0 radical (unpaired) electrons. The predicted octanol–water partition coefficient (Wildman–Crippen LogP) is 4.08. The monoisotopic (exact) mass is 340 g/mol. The van der Waals surface area contributed by atoms with Gasteiger partial charge in [-0.15, -0.1) is 0 Å². The van der Waals surface area contributed by atoms with E-state index in [2.05, 4.69) is 24.5 Å². The summed E-state index contributed by atoms with van der Waals surface area (Å²) in [6, 6.07) is 4.95. The lowest BCUT2D eigenvalue weighted by Gasteiger charge is -2.15. The Balaban J connectivity index is 2.46. The molecule has 23 heavy (non-hydrogen) atoms. The Morgan fingerprint density at radius 2 is 1.91 bits per heavy atom. The lowest BCUT2D eigenvalue weighted by molar-refractivity contribution is -0.117. The summed E-state index contributed by atoms with van der Waals surface area (Å²) in [7, 11) is 0. The summed E-state index contributed by atoms with van der Waals surface area (Å²) < 4.78 is 5.62. The van der Waals surface area contributed by atoms with Crippen molar-refractivity contribution in [2.75, 3.05) is 17.2 Å². The fourth-order valence-corrected chi connectivity index (χ4v) is 2.36. The molecular weight excluding hydrogens is 316 g/mol. The average molecular weight is 341 g/mol. The number of halogens is 1. The molecule has 0 aliphatic heterocycles. The number of carbonyl (C=O) groups is 2. The summed E-state index contributed by atoms with van der Waals surface area (Å²) in [5.41, 5.74) is 1.05. The van der Waals surface area contributed by atoms with Crippen LogP contribution in [-0.4, -0.2) is 24.5 Å². The molecule has 6 heteroatoms. The van der Waals surface area contributed by atoms with Crippen molar-refractivity contribution in [3.05, 3.63) is 23.2 Å². The minimum absolute atomic E-state index is 0.141. The fraction of sp³-hybridized carbons (Fsp3) is 0.529. The number of anilines is 2. The van der Waals surface area contributed by atoms with Gasteiger partial charge in [0.15, 0.2) is 0 Å². The van der Waals surface area contributed by atoms with Gasteiger partial charge in [-0.05, 0) is 37.5 Å². The zero-order valence-electron chi connectivity index (χ0n) is 14.1. The molecule has 0 aliphatic rings. The molecule has 1 rings (SSSR count). The van der Waals surface area contributed by atoms with Crippen LogP contribution in [0, 0.1) is 5.92 Å². The molecule has 1 aromatic rings. The van der Waals surface area contributed by atoms with Crippen molar-refractivity contribution in [3.8, 4) is 0 Å². The Bertz CT molecular complexity index is 547.